The summed E-state index contributed by atoms with van der Waals surface area (Å²) in [6.07, 6.45) is 4.82. The first-order valence-corrected chi connectivity index (χ1v) is 7.95. The van der Waals surface area contributed by atoms with E-state index in [4.69, 9.17) is 11.6 Å². The number of hydrogen-bond donors (Lipinski definition) is 0. The number of hydrogen-bond acceptors (Lipinski definition) is 1. The molecule has 0 aliphatic carbocycles. The van der Waals surface area contributed by atoms with Gasteiger partial charge in [-0.2, -0.15) is 0 Å². The molecule has 0 spiro atoms. The van der Waals surface area contributed by atoms with Gasteiger partial charge in [0.2, 0.25) is 0 Å². The number of rotatable bonds is 5. The summed E-state index contributed by atoms with van der Waals surface area (Å²) in [5.41, 5.74) is 0.716. The van der Waals surface area contributed by atoms with Crippen LogP contribution >= 0.6 is 27.5 Å². The molecule has 0 bridgehead atoms. The minimum absolute atomic E-state index is 0.226. The maximum Gasteiger partial charge on any atom is 0.146 e. The molecule has 0 radical (unpaired) electrons. The van der Waals surface area contributed by atoms with Gasteiger partial charge in [0.1, 0.15) is 5.82 Å². The highest BCUT2D eigenvalue weighted by molar-refractivity contribution is 9.09. The first-order valence-electron chi connectivity index (χ1n) is 6.45. The van der Waals surface area contributed by atoms with Crippen molar-refractivity contribution >= 4 is 27.5 Å². The Hall–Kier alpha value is -0.120. The quantitative estimate of drug-likeness (QED) is 0.710. The van der Waals surface area contributed by atoms with E-state index in [1.165, 1.54) is 25.7 Å². The number of alkyl halides is 1. The maximum atomic E-state index is 13.9. The Balaban J connectivity index is 2.01. The van der Waals surface area contributed by atoms with Crippen LogP contribution in [0.15, 0.2) is 18.2 Å². The summed E-state index contributed by atoms with van der Waals surface area (Å²) in [6.45, 7) is 1.75. The highest BCUT2D eigenvalue weighted by Gasteiger charge is 2.24. The lowest BCUT2D eigenvalue weighted by molar-refractivity contribution is 0.231. The highest BCUT2D eigenvalue weighted by atomic mass is 79.9. The normalized spacial score (nSPS) is 20.5. The Morgan fingerprint density at radius 1 is 1.44 bits per heavy atom. The third-order valence-electron chi connectivity index (χ3n) is 3.58. The zero-order chi connectivity index (χ0) is 13.0. The third-order valence-corrected chi connectivity index (χ3v) is 4.43. The summed E-state index contributed by atoms with van der Waals surface area (Å²) in [6, 6.07) is 5.86. The van der Waals surface area contributed by atoms with E-state index >= 15 is 0 Å². The van der Waals surface area contributed by atoms with E-state index in [-0.39, 0.29) is 10.8 Å². The van der Waals surface area contributed by atoms with Crippen LogP contribution in [-0.2, 0) is 6.54 Å². The number of nitrogens with zero attached hydrogens (tertiary/aromatic N) is 1. The molecule has 1 fully saturated rings. The lowest BCUT2D eigenvalue weighted by Crippen LogP contribution is -2.29. The number of halogens is 3. The van der Waals surface area contributed by atoms with Crippen LogP contribution < -0.4 is 0 Å². The van der Waals surface area contributed by atoms with Crippen LogP contribution in [0.25, 0.3) is 0 Å². The molecule has 0 amide bonds. The second kappa shape index (κ2) is 6.88. The molecule has 18 heavy (non-hydrogen) atoms. The topological polar surface area (TPSA) is 3.24 Å². The van der Waals surface area contributed by atoms with E-state index in [0.29, 0.717) is 18.2 Å². The van der Waals surface area contributed by atoms with Crippen molar-refractivity contribution in [1.29, 1.82) is 0 Å². The third kappa shape index (κ3) is 3.46. The Morgan fingerprint density at radius 3 is 3.06 bits per heavy atom. The Labute approximate surface area is 121 Å². The molecular weight excluding hydrogens is 317 g/mol. The van der Waals surface area contributed by atoms with Gasteiger partial charge in [-0.3, -0.25) is 4.90 Å². The molecule has 0 saturated carbocycles. The maximum absolute atomic E-state index is 13.9. The van der Waals surface area contributed by atoms with E-state index in [9.17, 15) is 4.39 Å². The smallest absolute Gasteiger partial charge is 0.146 e. The second-order valence-corrected chi connectivity index (χ2v) is 6.01. The summed E-state index contributed by atoms with van der Waals surface area (Å²) in [5.74, 6) is -0.259. The van der Waals surface area contributed by atoms with Crippen molar-refractivity contribution in [1.82, 2.24) is 4.90 Å². The Morgan fingerprint density at radius 2 is 2.28 bits per heavy atom. The van der Waals surface area contributed by atoms with Crippen LogP contribution in [0.2, 0.25) is 5.02 Å². The molecule has 1 atom stereocenters. The van der Waals surface area contributed by atoms with Gasteiger partial charge in [0.15, 0.2) is 0 Å². The summed E-state index contributed by atoms with van der Waals surface area (Å²) in [7, 11) is 0. The zero-order valence-corrected chi connectivity index (χ0v) is 12.7. The van der Waals surface area contributed by atoms with Crippen LogP contribution in [0.1, 0.15) is 31.2 Å². The zero-order valence-electron chi connectivity index (χ0n) is 10.3. The molecule has 1 aliphatic heterocycles. The van der Waals surface area contributed by atoms with E-state index in [2.05, 4.69) is 20.8 Å². The van der Waals surface area contributed by atoms with Crippen molar-refractivity contribution in [3.8, 4) is 0 Å². The molecule has 1 saturated heterocycles. The molecule has 1 aromatic carbocycles. The molecule has 0 aromatic heterocycles. The van der Waals surface area contributed by atoms with Crippen molar-refractivity contribution in [2.24, 2.45) is 0 Å². The van der Waals surface area contributed by atoms with E-state index in [1.54, 1.807) is 6.07 Å². The molecule has 1 nitrogen and oxygen atoms in total. The number of likely N-dealkylation sites (tertiary alicyclic amines) is 1. The number of benzene rings is 1. The summed E-state index contributed by atoms with van der Waals surface area (Å²) in [5, 5.41) is 1.27. The van der Waals surface area contributed by atoms with Gasteiger partial charge >= 0.3 is 0 Å². The minimum atomic E-state index is -0.259. The largest absolute Gasteiger partial charge is 0.296 e. The second-order valence-electron chi connectivity index (χ2n) is 4.81. The van der Waals surface area contributed by atoms with Gasteiger partial charge in [0.05, 0.1) is 5.02 Å². The minimum Gasteiger partial charge on any atom is -0.296 e. The fraction of sp³-hybridized carbons (Fsp3) is 0.571. The standard InChI is InChI=1S/C14H18BrClFN/c15-8-2-5-12-6-3-9-18(12)10-11-4-1-7-13(16)14(11)17/h1,4,7,12H,2-3,5-6,8-10H2. The van der Waals surface area contributed by atoms with Crippen LogP contribution in [0, 0.1) is 5.82 Å². The van der Waals surface area contributed by atoms with Crippen LogP contribution in [0.5, 0.6) is 0 Å². The first-order chi connectivity index (χ1) is 8.72. The molecular formula is C14H18BrClFN. The predicted octanol–water partition coefficient (Wildman–Crippen LogP) is 4.62. The Bertz CT molecular complexity index is 399. The van der Waals surface area contributed by atoms with Gasteiger partial charge in [-0.25, -0.2) is 4.39 Å². The molecule has 100 valence electrons. The Kier molecular flexibility index (Phi) is 5.46. The van der Waals surface area contributed by atoms with Crippen molar-refractivity contribution in [2.45, 2.75) is 38.3 Å². The lowest BCUT2D eigenvalue weighted by Gasteiger charge is -2.24. The van der Waals surface area contributed by atoms with E-state index < -0.39 is 0 Å². The average molecular weight is 335 g/mol. The summed E-state index contributed by atoms with van der Waals surface area (Å²) < 4.78 is 13.9. The molecule has 0 N–H and O–H groups in total. The van der Waals surface area contributed by atoms with E-state index in [0.717, 1.165) is 11.9 Å². The monoisotopic (exact) mass is 333 g/mol. The molecule has 1 aliphatic rings. The highest BCUT2D eigenvalue weighted by Crippen LogP contribution is 2.26. The molecule has 1 aromatic rings. The molecule has 4 heteroatoms. The lowest BCUT2D eigenvalue weighted by atomic mass is 10.1. The van der Waals surface area contributed by atoms with Crippen molar-refractivity contribution in [3.63, 3.8) is 0 Å². The fourth-order valence-electron chi connectivity index (χ4n) is 2.63. The van der Waals surface area contributed by atoms with Gasteiger partial charge in [-0.15, -0.1) is 0 Å². The fourth-order valence-corrected chi connectivity index (χ4v) is 3.15. The van der Waals surface area contributed by atoms with Crippen LogP contribution in [0.4, 0.5) is 4.39 Å². The van der Waals surface area contributed by atoms with Crippen molar-refractivity contribution in [2.75, 3.05) is 11.9 Å². The van der Waals surface area contributed by atoms with E-state index in [1.807, 2.05) is 12.1 Å². The van der Waals surface area contributed by atoms with Crippen LogP contribution in [0.3, 0.4) is 0 Å². The van der Waals surface area contributed by atoms with Crippen molar-refractivity contribution < 1.29 is 4.39 Å². The predicted molar refractivity (Wildman–Crippen MR) is 77.9 cm³/mol. The van der Waals surface area contributed by atoms with Crippen LogP contribution in [-0.4, -0.2) is 22.8 Å². The van der Waals surface area contributed by atoms with Crippen molar-refractivity contribution in [3.05, 3.63) is 34.6 Å². The SMILES string of the molecule is Fc1c(Cl)cccc1CN1CCCC1CCCBr. The average Bonchev–Trinajstić information content (AvgIpc) is 2.80. The molecule has 1 heterocycles. The van der Waals surface area contributed by atoms with Gasteiger partial charge in [0.25, 0.3) is 0 Å². The van der Waals surface area contributed by atoms with Gasteiger partial charge in [-0.1, -0.05) is 39.7 Å². The van der Waals surface area contributed by atoms with Gasteiger partial charge < -0.3 is 0 Å². The molecule has 1 unspecified atom stereocenters. The van der Waals surface area contributed by atoms with Gasteiger partial charge in [-0.05, 0) is 38.3 Å². The summed E-state index contributed by atoms with van der Waals surface area (Å²) >= 11 is 9.29. The molecule has 2 rings (SSSR count). The van der Waals surface area contributed by atoms with Gasteiger partial charge in [0, 0.05) is 23.5 Å². The first kappa shape index (κ1) is 14.3. The summed E-state index contributed by atoms with van der Waals surface area (Å²) in [4.78, 5) is 2.39.